The number of unbranched alkanes of at least 4 members (excludes halogenated alkanes) is 1. The highest BCUT2D eigenvalue weighted by molar-refractivity contribution is 6.30. The van der Waals surface area contributed by atoms with Crippen LogP contribution in [0.3, 0.4) is 0 Å². The number of nitrogens with zero attached hydrogens (tertiary/aromatic N) is 2. The van der Waals surface area contributed by atoms with Gasteiger partial charge in [0.2, 0.25) is 0 Å². The van der Waals surface area contributed by atoms with Gasteiger partial charge in [-0.3, -0.25) is 9.20 Å². The Labute approximate surface area is 159 Å². The first-order valence-corrected chi connectivity index (χ1v) is 9.57. The van der Waals surface area contributed by atoms with Crippen molar-refractivity contribution in [3.8, 4) is 0 Å². The van der Waals surface area contributed by atoms with Gasteiger partial charge in [-0.1, -0.05) is 50.4 Å². The number of halogens is 1. The Morgan fingerprint density at radius 3 is 2.54 bits per heavy atom. The number of rotatable bonds is 7. The molecular formula is C21H24ClN3O. The summed E-state index contributed by atoms with van der Waals surface area (Å²) in [5.74, 6) is -0.162. The Morgan fingerprint density at radius 1 is 1.08 bits per heavy atom. The second-order valence-corrected chi connectivity index (χ2v) is 6.92. The molecule has 0 saturated heterocycles. The zero-order chi connectivity index (χ0) is 18.5. The average molecular weight is 370 g/mol. The third kappa shape index (κ3) is 4.07. The zero-order valence-electron chi connectivity index (χ0n) is 15.3. The maximum atomic E-state index is 12.9. The van der Waals surface area contributed by atoms with Gasteiger partial charge in [-0.15, -0.1) is 0 Å². The number of imidazole rings is 1. The maximum absolute atomic E-state index is 12.9. The van der Waals surface area contributed by atoms with Crippen LogP contribution in [0.25, 0.3) is 5.65 Å². The summed E-state index contributed by atoms with van der Waals surface area (Å²) in [6.45, 7) is 4.26. The van der Waals surface area contributed by atoms with Crippen molar-refractivity contribution in [1.29, 1.82) is 0 Å². The minimum absolute atomic E-state index is 0.162. The number of carbonyl (C=O) groups excluding carboxylic acids is 1. The Bertz CT molecular complexity index is 900. The number of nitrogens with one attached hydrogen (secondary N) is 1. The first kappa shape index (κ1) is 18.5. The summed E-state index contributed by atoms with van der Waals surface area (Å²) in [5, 5.41) is 3.57. The molecule has 136 valence electrons. The number of benzene rings is 1. The minimum Gasteiger partial charge on any atom is -0.321 e. The van der Waals surface area contributed by atoms with Crippen molar-refractivity contribution in [3.05, 3.63) is 64.6 Å². The molecule has 0 spiro atoms. The minimum atomic E-state index is -0.162. The van der Waals surface area contributed by atoms with E-state index in [0.717, 1.165) is 36.3 Å². The fourth-order valence-corrected chi connectivity index (χ4v) is 3.21. The molecular weight excluding hydrogens is 346 g/mol. The summed E-state index contributed by atoms with van der Waals surface area (Å²) >= 11 is 6.12. The van der Waals surface area contributed by atoms with E-state index in [0.29, 0.717) is 10.7 Å². The van der Waals surface area contributed by atoms with Crippen LogP contribution in [0.4, 0.5) is 5.69 Å². The van der Waals surface area contributed by atoms with Gasteiger partial charge in [0.05, 0.1) is 10.7 Å². The lowest BCUT2D eigenvalue weighted by Gasteiger charge is -2.08. The quantitative estimate of drug-likeness (QED) is 0.594. The molecule has 2 aromatic heterocycles. The molecule has 0 bridgehead atoms. The van der Waals surface area contributed by atoms with Crippen molar-refractivity contribution < 1.29 is 4.79 Å². The van der Waals surface area contributed by atoms with Crippen LogP contribution in [-0.4, -0.2) is 15.3 Å². The number of aryl methyl sites for hydroxylation is 2. The van der Waals surface area contributed by atoms with Crippen molar-refractivity contribution in [1.82, 2.24) is 9.38 Å². The zero-order valence-corrected chi connectivity index (χ0v) is 16.0. The second-order valence-electron chi connectivity index (χ2n) is 6.49. The number of hydrogen-bond donors (Lipinski definition) is 1. The molecule has 0 aliphatic carbocycles. The first-order valence-electron chi connectivity index (χ1n) is 9.19. The van der Waals surface area contributed by atoms with E-state index in [2.05, 4.69) is 36.3 Å². The smallest absolute Gasteiger partial charge is 0.274 e. The van der Waals surface area contributed by atoms with Crippen LogP contribution in [0.2, 0.25) is 5.02 Å². The van der Waals surface area contributed by atoms with E-state index < -0.39 is 0 Å². The fourth-order valence-electron chi connectivity index (χ4n) is 3.04. The van der Waals surface area contributed by atoms with Crippen LogP contribution in [-0.2, 0) is 12.8 Å². The summed E-state index contributed by atoms with van der Waals surface area (Å²) in [6.07, 6.45) is 6.83. The molecule has 3 rings (SSSR count). The van der Waals surface area contributed by atoms with Gasteiger partial charge in [0.25, 0.3) is 5.91 Å². The Hall–Kier alpha value is -2.33. The normalized spacial score (nSPS) is 11.0. The second kappa shape index (κ2) is 8.37. The molecule has 1 amide bonds. The van der Waals surface area contributed by atoms with Crippen LogP contribution in [0.1, 0.15) is 54.9 Å². The van der Waals surface area contributed by atoms with Crippen molar-refractivity contribution in [2.75, 3.05) is 5.32 Å². The van der Waals surface area contributed by atoms with Crippen LogP contribution < -0.4 is 5.32 Å². The number of anilines is 1. The average Bonchev–Trinajstić information content (AvgIpc) is 2.98. The molecule has 5 heteroatoms. The Balaban J connectivity index is 1.87. The van der Waals surface area contributed by atoms with Crippen LogP contribution in [0.5, 0.6) is 0 Å². The Kier molecular flexibility index (Phi) is 5.94. The van der Waals surface area contributed by atoms with Crippen LogP contribution in [0, 0.1) is 0 Å². The van der Waals surface area contributed by atoms with Gasteiger partial charge in [0.15, 0.2) is 0 Å². The topological polar surface area (TPSA) is 46.4 Å². The van der Waals surface area contributed by atoms with Gasteiger partial charge >= 0.3 is 0 Å². The Morgan fingerprint density at radius 2 is 1.85 bits per heavy atom. The summed E-state index contributed by atoms with van der Waals surface area (Å²) in [5.41, 5.74) is 4.16. The van der Waals surface area contributed by atoms with Crippen molar-refractivity contribution >= 4 is 28.8 Å². The summed E-state index contributed by atoms with van der Waals surface area (Å²) in [4.78, 5) is 17.5. The van der Waals surface area contributed by atoms with Gasteiger partial charge in [0.1, 0.15) is 11.3 Å². The van der Waals surface area contributed by atoms with E-state index in [4.69, 9.17) is 11.6 Å². The number of carbonyl (C=O) groups is 1. The van der Waals surface area contributed by atoms with E-state index in [-0.39, 0.29) is 5.91 Å². The standard InChI is InChI=1S/C21H24ClN3O/c1-3-5-7-15-8-11-17(12-9-15)23-21(26)20-18(6-4-2)24-19-13-10-16(22)14-25(19)20/h8-14H,3-7H2,1-2H3,(H,23,26). The lowest BCUT2D eigenvalue weighted by molar-refractivity contribution is 0.102. The molecule has 0 radical (unpaired) electrons. The summed E-state index contributed by atoms with van der Waals surface area (Å²) in [6, 6.07) is 11.7. The van der Waals surface area contributed by atoms with Gasteiger partial charge in [-0.2, -0.15) is 0 Å². The van der Waals surface area contributed by atoms with Gasteiger partial charge < -0.3 is 5.32 Å². The monoisotopic (exact) mass is 369 g/mol. The molecule has 0 aliphatic heterocycles. The number of hydrogen-bond acceptors (Lipinski definition) is 2. The molecule has 1 N–H and O–H groups in total. The first-order chi connectivity index (χ1) is 12.6. The van der Waals surface area contributed by atoms with Gasteiger partial charge in [-0.25, -0.2) is 4.98 Å². The molecule has 2 heterocycles. The highest BCUT2D eigenvalue weighted by atomic mass is 35.5. The maximum Gasteiger partial charge on any atom is 0.274 e. The molecule has 3 aromatic rings. The van der Waals surface area contributed by atoms with E-state index in [9.17, 15) is 4.79 Å². The van der Waals surface area contributed by atoms with Crippen LogP contribution >= 0.6 is 11.6 Å². The largest absolute Gasteiger partial charge is 0.321 e. The summed E-state index contributed by atoms with van der Waals surface area (Å²) < 4.78 is 1.78. The molecule has 0 aliphatic rings. The lowest BCUT2D eigenvalue weighted by atomic mass is 10.1. The third-order valence-corrected chi connectivity index (χ3v) is 4.61. The van der Waals surface area contributed by atoms with Gasteiger partial charge in [-0.05, 0) is 49.1 Å². The SMILES string of the molecule is CCCCc1ccc(NC(=O)c2c(CCC)nc3ccc(Cl)cn23)cc1. The molecule has 0 fully saturated rings. The summed E-state index contributed by atoms with van der Waals surface area (Å²) in [7, 11) is 0. The number of amides is 1. The van der Waals surface area contributed by atoms with Crippen molar-refractivity contribution in [2.24, 2.45) is 0 Å². The molecule has 0 atom stereocenters. The number of fused-ring (bicyclic) bond motifs is 1. The fraction of sp³-hybridized carbons (Fsp3) is 0.333. The van der Waals surface area contributed by atoms with E-state index >= 15 is 0 Å². The lowest BCUT2D eigenvalue weighted by Crippen LogP contribution is -2.16. The molecule has 0 saturated carbocycles. The van der Waals surface area contributed by atoms with E-state index in [1.54, 1.807) is 16.7 Å². The van der Waals surface area contributed by atoms with E-state index in [1.165, 1.54) is 18.4 Å². The molecule has 1 aromatic carbocycles. The third-order valence-electron chi connectivity index (χ3n) is 4.39. The highest BCUT2D eigenvalue weighted by Crippen LogP contribution is 2.20. The highest BCUT2D eigenvalue weighted by Gasteiger charge is 2.19. The van der Waals surface area contributed by atoms with Crippen LogP contribution in [0.15, 0.2) is 42.6 Å². The van der Waals surface area contributed by atoms with Gasteiger partial charge in [0, 0.05) is 11.9 Å². The van der Waals surface area contributed by atoms with E-state index in [1.807, 2.05) is 18.2 Å². The molecule has 4 nitrogen and oxygen atoms in total. The predicted molar refractivity (Wildman–Crippen MR) is 107 cm³/mol. The molecule has 26 heavy (non-hydrogen) atoms. The van der Waals surface area contributed by atoms with Crippen molar-refractivity contribution in [2.45, 2.75) is 46.0 Å². The number of aromatic nitrogens is 2. The number of pyridine rings is 1. The molecule has 0 unspecified atom stereocenters. The van der Waals surface area contributed by atoms with Crippen molar-refractivity contribution in [3.63, 3.8) is 0 Å². The predicted octanol–water partition coefficient (Wildman–Crippen LogP) is 5.54.